The second kappa shape index (κ2) is 3.55. The van der Waals surface area contributed by atoms with Crippen molar-refractivity contribution in [3.8, 4) is 0 Å². The average Bonchev–Trinajstić information content (AvgIpc) is 2.59. The van der Waals surface area contributed by atoms with Gasteiger partial charge in [0.15, 0.2) is 5.15 Å². The summed E-state index contributed by atoms with van der Waals surface area (Å²) in [5.74, 6) is -1.38. The number of halogens is 1. The second-order valence-electron chi connectivity index (χ2n) is 3.35. The standard InChI is InChI=1S/C10H9ClN2O2/c1-6(10(14)15)7-2-3-8-9(11)12-5-13(8)4-7/h2-6H,1H3,(H,14,15). The van der Waals surface area contributed by atoms with Crippen LogP contribution >= 0.6 is 11.6 Å². The summed E-state index contributed by atoms with van der Waals surface area (Å²) in [4.78, 5) is 14.7. The molecule has 15 heavy (non-hydrogen) atoms. The zero-order chi connectivity index (χ0) is 11.0. The molecule has 0 aliphatic heterocycles. The number of fused-ring (bicyclic) bond motifs is 1. The van der Waals surface area contributed by atoms with E-state index in [9.17, 15) is 4.79 Å². The molecule has 0 radical (unpaired) electrons. The first-order valence-corrected chi connectivity index (χ1v) is 4.82. The molecule has 2 rings (SSSR count). The van der Waals surface area contributed by atoms with Crippen LogP contribution in [0.25, 0.3) is 5.52 Å². The van der Waals surface area contributed by atoms with Crippen molar-refractivity contribution in [1.29, 1.82) is 0 Å². The molecular formula is C10H9ClN2O2. The first kappa shape index (κ1) is 9.98. The zero-order valence-corrected chi connectivity index (χ0v) is 8.77. The minimum Gasteiger partial charge on any atom is -0.481 e. The number of carboxylic acid groups (broad SMARTS) is 1. The normalized spacial score (nSPS) is 12.9. The highest BCUT2D eigenvalue weighted by atomic mass is 35.5. The molecule has 5 heteroatoms. The van der Waals surface area contributed by atoms with Crippen LogP contribution in [0.5, 0.6) is 0 Å². The predicted octanol–water partition coefficient (Wildman–Crippen LogP) is 2.18. The van der Waals surface area contributed by atoms with Gasteiger partial charge in [-0.2, -0.15) is 0 Å². The molecule has 1 N–H and O–H groups in total. The van der Waals surface area contributed by atoms with E-state index in [1.54, 1.807) is 36.0 Å². The Morgan fingerprint density at radius 3 is 3.00 bits per heavy atom. The van der Waals surface area contributed by atoms with Crippen molar-refractivity contribution in [2.75, 3.05) is 0 Å². The molecule has 2 aromatic rings. The van der Waals surface area contributed by atoms with Crippen LogP contribution in [0, 0.1) is 0 Å². The second-order valence-corrected chi connectivity index (χ2v) is 3.71. The topological polar surface area (TPSA) is 54.6 Å². The summed E-state index contributed by atoms with van der Waals surface area (Å²) in [6, 6.07) is 3.52. The van der Waals surface area contributed by atoms with Crippen LogP contribution in [-0.2, 0) is 4.79 Å². The lowest BCUT2D eigenvalue weighted by molar-refractivity contribution is -0.138. The van der Waals surface area contributed by atoms with Crippen molar-refractivity contribution >= 4 is 23.1 Å². The molecule has 1 unspecified atom stereocenters. The maximum Gasteiger partial charge on any atom is 0.310 e. The minimum absolute atomic E-state index is 0.421. The van der Waals surface area contributed by atoms with Gasteiger partial charge in [-0.15, -0.1) is 0 Å². The summed E-state index contributed by atoms with van der Waals surface area (Å²) in [6.07, 6.45) is 3.29. The number of carboxylic acids is 1. The van der Waals surface area contributed by atoms with Gasteiger partial charge in [0.25, 0.3) is 0 Å². The molecule has 0 aliphatic carbocycles. The number of hydrogen-bond donors (Lipinski definition) is 1. The largest absolute Gasteiger partial charge is 0.481 e. The number of nitrogens with zero attached hydrogens (tertiary/aromatic N) is 2. The number of hydrogen-bond acceptors (Lipinski definition) is 2. The van der Waals surface area contributed by atoms with Crippen LogP contribution in [0.1, 0.15) is 18.4 Å². The van der Waals surface area contributed by atoms with E-state index in [1.165, 1.54) is 0 Å². The van der Waals surface area contributed by atoms with E-state index in [1.807, 2.05) is 0 Å². The third-order valence-electron chi connectivity index (χ3n) is 2.38. The summed E-state index contributed by atoms with van der Waals surface area (Å²) in [7, 11) is 0. The Labute approximate surface area is 91.1 Å². The lowest BCUT2D eigenvalue weighted by Crippen LogP contribution is -2.07. The van der Waals surface area contributed by atoms with E-state index in [-0.39, 0.29) is 0 Å². The van der Waals surface area contributed by atoms with Crippen LogP contribution in [0.3, 0.4) is 0 Å². The van der Waals surface area contributed by atoms with E-state index >= 15 is 0 Å². The molecule has 0 saturated carbocycles. The summed E-state index contributed by atoms with van der Waals surface area (Å²) in [5, 5.41) is 9.28. The Morgan fingerprint density at radius 2 is 2.33 bits per heavy atom. The highest BCUT2D eigenvalue weighted by molar-refractivity contribution is 6.32. The van der Waals surface area contributed by atoms with Gasteiger partial charge in [-0.1, -0.05) is 17.7 Å². The Morgan fingerprint density at radius 1 is 1.60 bits per heavy atom. The molecule has 0 fully saturated rings. The Kier molecular flexibility index (Phi) is 2.36. The van der Waals surface area contributed by atoms with Crippen LogP contribution < -0.4 is 0 Å². The number of rotatable bonds is 2. The fourth-order valence-corrected chi connectivity index (χ4v) is 1.59. The first-order chi connectivity index (χ1) is 7.09. The van der Waals surface area contributed by atoms with Gasteiger partial charge in [0.05, 0.1) is 11.4 Å². The molecule has 4 nitrogen and oxygen atoms in total. The fraction of sp³-hybridized carbons (Fsp3) is 0.200. The quantitative estimate of drug-likeness (QED) is 0.851. The highest BCUT2D eigenvalue weighted by Crippen LogP contribution is 2.20. The van der Waals surface area contributed by atoms with Gasteiger partial charge in [0, 0.05) is 6.20 Å². The SMILES string of the molecule is CC(C(=O)O)c1ccc2c(Cl)ncn2c1. The van der Waals surface area contributed by atoms with E-state index in [4.69, 9.17) is 16.7 Å². The highest BCUT2D eigenvalue weighted by Gasteiger charge is 2.14. The predicted molar refractivity (Wildman–Crippen MR) is 56.3 cm³/mol. The summed E-state index contributed by atoms with van der Waals surface area (Å²) < 4.78 is 1.72. The van der Waals surface area contributed by atoms with Crippen LogP contribution in [0.15, 0.2) is 24.7 Å². The molecule has 0 saturated heterocycles. The van der Waals surface area contributed by atoms with Gasteiger partial charge in [0.1, 0.15) is 6.33 Å². The first-order valence-electron chi connectivity index (χ1n) is 4.44. The molecule has 78 valence electrons. The van der Waals surface area contributed by atoms with Crippen molar-refractivity contribution < 1.29 is 9.90 Å². The lowest BCUT2D eigenvalue weighted by atomic mass is 10.0. The molecule has 0 aliphatic rings. The number of pyridine rings is 1. The Bertz CT molecular complexity index is 521. The number of imidazole rings is 1. The van der Waals surface area contributed by atoms with E-state index in [0.29, 0.717) is 5.15 Å². The molecule has 2 heterocycles. The number of aromatic nitrogens is 2. The van der Waals surface area contributed by atoms with Gasteiger partial charge in [-0.05, 0) is 18.6 Å². The van der Waals surface area contributed by atoms with Crippen molar-refractivity contribution in [3.63, 3.8) is 0 Å². The molecule has 0 spiro atoms. The fourth-order valence-electron chi connectivity index (χ4n) is 1.38. The van der Waals surface area contributed by atoms with Gasteiger partial charge < -0.3 is 9.51 Å². The third kappa shape index (κ3) is 1.68. The summed E-state index contributed by atoms with van der Waals surface area (Å²) >= 11 is 5.82. The smallest absolute Gasteiger partial charge is 0.310 e. The maximum atomic E-state index is 10.8. The van der Waals surface area contributed by atoms with Gasteiger partial charge in [-0.25, -0.2) is 4.98 Å². The van der Waals surface area contributed by atoms with Crippen LogP contribution in [0.2, 0.25) is 5.15 Å². The van der Waals surface area contributed by atoms with Gasteiger partial charge >= 0.3 is 5.97 Å². The Balaban J connectivity index is 2.52. The van der Waals surface area contributed by atoms with Gasteiger partial charge in [0.2, 0.25) is 0 Å². The van der Waals surface area contributed by atoms with Gasteiger partial charge in [-0.3, -0.25) is 4.79 Å². The van der Waals surface area contributed by atoms with E-state index in [2.05, 4.69) is 4.98 Å². The molecule has 0 aromatic carbocycles. The van der Waals surface area contributed by atoms with E-state index < -0.39 is 11.9 Å². The van der Waals surface area contributed by atoms with Crippen LogP contribution in [-0.4, -0.2) is 20.5 Å². The molecule has 1 atom stereocenters. The maximum absolute atomic E-state index is 10.8. The van der Waals surface area contributed by atoms with Crippen molar-refractivity contribution in [1.82, 2.24) is 9.38 Å². The summed E-state index contributed by atoms with van der Waals surface area (Å²) in [6.45, 7) is 1.64. The minimum atomic E-state index is -0.847. The molecule has 0 amide bonds. The number of carbonyl (C=O) groups is 1. The zero-order valence-electron chi connectivity index (χ0n) is 8.01. The van der Waals surface area contributed by atoms with E-state index in [0.717, 1.165) is 11.1 Å². The van der Waals surface area contributed by atoms with Crippen LogP contribution in [0.4, 0.5) is 0 Å². The molecule has 2 aromatic heterocycles. The lowest BCUT2D eigenvalue weighted by Gasteiger charge is -2.06. The van der Waals surface area contributed by atoms with Crippen molar-refractivity contribution in [3.05, 3.63) is 35.4 Å². The number of aliphatic carboxylic acids is 1. The van der Waals surface area contributed by atoms with Crippen molar-refractivity contribution in [2.24, 2.45) is 0 Å². The van der Waals surface area contributed by atoms with Crippen molar-refractivity contribution in [2.45, 2.75) is 12.8 Å². The average molecular weight is 225 g/mol. The monoisotopic (exact) mass is 224 g/mol. The third-order valence-corrected chi connectivity index (χ3v) is 2.67. The molecular weight excluding hydrogens is 216 g/mol. The molecule has 0 bridgehead atoms. The summed E-state index contributed by atoms with van der Waals surface area (Å²) in [5.41, 5.74) is 1.50. The Hall–Kier alpha value is -1.55.